The molecule has 5 aliphatic rings. The van der Waals surface area contributed by atoms with Crippen molar-refractivity contribution in [1.29, 1.82) is 0 Å². The van der Waals surface area contributed by atoms with Crippen LogP contribution in [0, 0.1) is 28.6 Å². The van der Waals surface area contributed by atoms with E-state index in [0.29, 0.717) is 31.7 Å². The number of allylic oxidation sites excluding steroid dienone is 1. The Morgan fingerprint density at radius 1 is 0.911 bits per heavy atom. The van der Waals surface area contributed by atoms with Crippen LogP contribution in [0.4, 0.5) is 0 Å². The Kier molecular flexibility index (Phi) is 10.6. The van der Waals surface area contributed by atoms with Gasteiger partial charge >= 0.3 is 0 Å². The zero-order chi connectivity index (χ0) is 32.7. The van der Waals surface area contributed by atoms with Gasteiger partial charge < -0.3 is 43.4 Å². The highest BCUT2D eigenvalue weighted by molar-refractivity contribution is 5.99. The highest BCUT2D eigenvalue weighted by Crippen LogP contribution is 2.67. The van der Waals surface area contributed by atoms with Gasteiger partial charge in [0.1, 0.15) is 24.1 Å². The molecule has 0 bridgehead atoms. The SMILES string of the molecule is CCOCO[C@]12C=CC(=O)[C@@]1(C)CC[C@H]1[C@H]2CC[C@@H]2C[C@@H](O[C@H]3O[C@H](C)[C@](O)(COCC)[C@H](OC)[C@]3(O)COCC)CC[C@@]21C. The molecule has 0 spiro atoms. The van der Waals surface area contributed by atoms with Crippen molar-refractivity contribution in [2.45, 2.75) is 128 Å². The molecule has 1 heterocycles. The molecule has 0 aromatic heterocycles. The number of aliphatic hydroxyl groups is 2. The van der Waals surface area contributed by atoms with E-state index in [1.807, 2.05) is 20.8 Å². The molecule has 45 heavy (non-hydrogen) atoms. The third kappa shape index (κ3) is 5.68. The van der Waals surface area contributed by atoms with E-state index in [0.717, 1.165) is 44.9 Å². The zero-order valence-corrected chi connectivity index (χ0v) is 28.5. The second kappa shape index (κ2) is 13.5. The molecule has 1 saturated heterocycles. The molecule has 0 aromatic carbocycles. The number of rotatable bonds is 13. The second-order valence-corrected chi connectivity index (χ2v) is 14.6. The summed E-state index contributed by atoms with van der Waals surface area (Å²) in [6.45, 7) is 13.3. The van der Waals surface area contributed by atoms with E-state index in [1.54, 1.807) is 13.0 Å². The van der Waals surface area contributed by atoms with Crippen LogP contribution >= 0.6 is 0 Å². The molecule has 12 atom stereocenters. The van der Waals surface area contributed by atoms with Crippen LogP contribution in [0.15, 0.2) is 12.2 Å². The largest absolute Gasteiger partial charge is 0.382 e. The van der Waals surface area contributed by atoms with E-state index in [9.17, 15) is 15.0 Å². The van der Waals surface area contributed by atoms with Gasteiger partial charge in [-0.05, 0) is 115 Å². The van der Waals surface area contributed by atoms with Gasteiger partial charge in [-0.3, -0.25) is 4.79 Å². The van der Waals surface area contributed by atoms with Crippen molar-refractivity contribution in [3.8, 4) is 0 Å². The fourth-order valence-corrected chi connectivity index (χ4v) is 9.91. The lowest BCUT2D eigenvalue weighted by molar-refractivity contribution is -0.386. The molecule has 0 unspecified atom stereocenters. The summed E-state index contributed by atoms with van der Waals surface area (Å²) >= 11 is 0. The number of hydrogen-bond donors (Lipinski definition) is 2. The van der Waals surface area contributed by atoms with Crippen molar-refractivity contribution in [2.24, 2.45) is 28.6 Å². The molecule has 1 aliphatic heterocycles. The summed E-state index contributed by atoms with van der Waals surface area (Å²) in [6.07, 6.45) is 7.28. The third-order valence-electron chi connectivity index (χ3n) is 12.6. The van der Waals surface area contributed by atoms with Crippen molar-refractivity contribution in [2.75, 3.05) is 46.9 Å². The van der Waals surface area contributed by atoms with Crippen molar-refractivity contribution >= 4 is 5.78 Å². The van der Waals surface area contributed by atoms with Gasteiger partial charge in [-0.25, -0.2) is 0 Å². The lowest BCUT2D eigenvalue weighted by Crippen LogP contribution is -2.75. The van der Waals surface area contributed by atoms with Crippen LogP contribution in [0.3, 0.4) is 0 Å². The maximum Gasteiger partial charge on any atom is 0.192 e. The van der Waals surface area contributed by atoms with Gasteiger partial charge in [-0.2, -0.15) is 0 Å². The number of ketones is 1. The summed E-state index contributed by atoms with van der Waals surface area (Å²) in [5.41, 5.74) is -4.47. The van der Waals surface area contributed by atoms with Crippen LogP contribution in [0.2, 0.25) is 0 Å². The van der Waals surface area contributed by atoms with Crippen molar-refractivity contribution in [1.82, 2.24) is 0 Å². The Labute approximate surface area is 269 Å². The predicted octanol–water partition coefficient (Wildman–Crippen LogP) is 4.19. The van der Waals surface area contributed by atoms with Crippen LogP contribution in [0.1, 0.15) is 86.5 Å². The van der Waals surface area contributed by atoms with Gasteiger partial charge in [0.05, 0.1) is 30.8 Å². The van der Waals surface area contributed by atoms with Crippen LogP contribution in [0.5, 0.6) is 0 Å². The van der Waals surface area contributed by atoms with Gasteiger partial charge in [0.25, 0.3) is 0 Å². The summed E-state index contributed by atoms with van der Waals surface area (Å²) in [5, 5.41) is 23.8. The Morgan fingerprint density at radius 2 is 1.60 bits per heavy atom. The minimum absolute atomic E-state index is 0.0493. The number of methoxy groups -OCH3 is 1. The molecular formula is C35H58O10. The predicted molar refractivity (Wildman–Crippen MR) is 166 cm³/mol. The molecule has 4 aliphatic carbocycles. The zero-order valence-electron chi connectivity index (χ0n) is 28.5. The fourth-order valence-electron chi connectivity index (χ4n) is 9.91. The Hall–Kier alpha value is -0.950. The first kappa shape index (κ1) is 35.4. The summed E-state index contributed by atoms with van der Waals surface area (Å²) in [6, 6.07) is 0. The smallest absolute Gasteiger partial charge is 0.192 e. The quantitative estimate of drug-likeness (QED) is 0.173. The standard InChI is InChI=1S/C35H58O10/c1-8-40-20-33(37)23(4)44-30(34(38,21-41-9-2)29(33)39-7)45-25-13-16-31(5)24(19-25)11-12-27-26(31)14-17-32(6)28(36)15-18-35(27,32)43-22-42-10-3/h15,18,23-27,29-30,37-38H,8-14,16-17,19-22H2,1-7H3/t23-,24-,25+,26+,27-,29+,30-,31+,32-,33-,34-,35+/m1/s1. The normalized spacial score (nSPS) is 47.8. The van der Waals surface area contributed by atoms with E-state index in [4.69, 9.17) is 33.2 Å². The molecule has 5 rings (SSSR count). The minimum atomic E-state index is -1.75. The summed E-state index contributed by atoms with van der Waals surface area (Å²) in [5.74, 6) is 1.24. The molecule has 2 N–H and O–H groups in total. The summed E-state index contributed by atoms with van der Waals surface area (Å²) < 4.78 is 42.3. The van der Waals surface area contributed by atoms with E-state index in [2.05, 4.69) is 19.9 Å². The Morgan fingerprint density at radius 3 is 2.27 bits per heavy atom. The molecule has 258 valence electrons. The number of fused-ring (bicyclic) bond motifs is 5. The Bertz CT molecular complexity index is 1070. The molecule has 0 amide bonds. The van der Waals surface area contributed by atoms with Gasteiger partial charge in [0, 0.05) is 26.9 Å². The van der Waals surface area contributed by atoms with Crippen LogP contribution < -0.4 is 0 Å². The first-order valence-corrected chi connectivity index (χ1v) is 17.3. The maximum absolute atomic E-state index is 13.2. The van der Waals surface area contributed by atoms with Crippen LogP contribution in [0.25, 0.3) is 0 Å². The molecular weight excluding hydrogens is 580 g/mol. The Balaban J connectivity index is 1.34. The molecule has 10 heteroatoms. The van der Waals surface area contributed by atoms with Gasteiger partial charge in [-0.15, -0.1) is 0 Å². The van der Waals surface area contributed by atoms with Gasteiger partial charge in [0.15, 0.2) is 17.7 Å². The summed E-state index contributed by atoms with van der Waals surface area (Å²) in [4.78, 5) is 13.2. The number of carbonyl (C=O) groups excluding carboxylic acids is 1. The lowest BCUT2D eigenvalue weighted by atomic mass is 9.44. The van der Waals surface area contributed by atoms with Crippen LogP contribution in [-0.4, -0.2) is 104 Å². The van der Waals surface area contributed by atoms with E-state index < -0.39 is 40.7 Å². The highest BCUT2D eigenvalue weighted by Gasteiger charge is 2.68. The summed E-state index contributed by atoms with van der Waals surface area (Å²) in [7, 11) is 1.48. The van der Waals surface area contributed by atoms with Crippen molar-refractivity contribution < 1.29 is 48.2 Å². The average Bonchev–Trinajstić information content (AvgIpc) is 3.28. The molecule has 4 fully saturated rings. The van der Waals surface area contributed by atoms with Gasteiger partial charge in [-0.1, -0.05) is 6.92 Å². The first-order valence-electron chi connectivity index (χ1n) is 17.3. The van der Waals surface area contributed by atoms with E-state index in [-0.39, 0.29) is 43.2 Å². The fraction of sp³-hybridized carbons (Fsp3) is 0.914. The monoisotopic (exact) mass is 638 g/mol. The second-order valence-electron chi connectivity index (χ2n) is 14.6. The van der Waals surface area contributed by atoms with Crippen molar-refractivity contribution in [3.05, 3.63) is 12.2 Å². The highest BCUT2D eigenvalue weighted by atomic mass is 16.7. The molecule has 0 aromatic rings. The minimum Gasteiger partial charge on any atom is -0.382 e. The molecule has 0 radical (unpaired) electrons. The van der Waals surface area contributed by atoms with E-state index >= 15 is 0 Å². The maximum atomic E-state index is 13.2. The molecule has 10 nitrogen and oxygen atoms in total. The third-order valence-corrected chi connectivity index (χ3v) is 12.6. The topological polar surface area (TPSA) is 122 Å². The van der Waals surface area contributed by atoms with E-state index in [1.165, 1.54) is 7.11 Å². The van der Waals surface area contributed by atoms with Crippen LogP contribution in [-0.2, 0) is 38.0 Å². The average molecular weight is 639 g/mol. The lowest BCUT2D eigenvalue weighted by Gasteiger charge is -2.63. The first-order chi connectivity index (χ1) is 21.4. The van der Waals surface area contributed by atoms with Crippen molar-refractivity contribution in [3.63, 3.8) is 0 Å². The molecule has 3 saturated carbocycles. The number of carbonyl (C=O) groups is 1. The number of hydrogen-bond acceptors (Lipinski definition) is 10. The number of ether oxygens (including phenoxy) is 7. The van der Waals surface area contributed by atoms with Gasteiger partial charge in [0.2, 0.25) is 0 Å².